The summed E-state index contributed by atoms with van der Waals surface area (Å²) >= 11 is 0. The smallest absolute Gasteiger partial charge is 0.326 e. The minimum absolute atomic E-state index is 0.426. The number of likely N-dealkylation sites (N-methyl/N-ethyl adjacent to an activating group) is 1. The Morgan fingerprint density at radius 3 is 2.59 bits per heavy atom. The largest absolute Gasteiger partial charge is 0.480 e. The summed E-state index contributed by atoms with van der Waals surface area (Å²) in [5.74, 6) is -0.744. The van der Waals surface area contributed by atoms with Crippen molar-refractivity contribution in [1.29, 1.82) is 0 Å². The highest BCUT2D eigenvalue weighted by Crippen LogP contribution is 2.33. The number of carboxylic acid groups (broad SMARTS) is 1. The van der Waals surface area contributed by atoms with Gasteiger partial charge in [0.05, 0.1) is 11.4 Å². The number of aliphatic carboxylic acids is 1. The van der Waals surface area contributed by atoms with Gasteiger partial charge in [-0.3, -0.25) is 0 Å². The molecule has 1 aliphatic heterocycles. The molecule has 2 rings (SSSR count). The third-order valence-electron chi connectivity index (χ3n) is 3.33. The summed E-state index contributed by atoms with van der Waals surface area (Å²) in [6.45, 7) is 3.54. The topological polar surface area (TPSA) is 43.8 Å². The molecule has 0 aromatic heterocycles. The van der Waals surface area contributed by atoms with E-state index in [2.05, 4.69) is 4.90 Å². The van der Waals surface area contributed by atoms with Crippen molar-refractivity contribution in [3.05, 3.63) is 24.3 Å². The van der Waals surface area contributed by atoms with Crippen molar-refractivity contribution in [3.8, 4) is 0 Å². The quantitative estimate of drug-likeness (QED) is 0.866. The van der Waals surface area contributed by atoms with Gasteiger partial charge in [-0.15, -0.1) is 0 Å². The monoisotopic (exact) mass is 234 g/mol. The van der Waals surface area contributed by atoms with Gasteiger partial charge >= 0.3 is 5.97 Å². The van der Waals surface area contributed by atoms with Crippen LogP contribution in [0.2, 0.25) is 0 Å². The molecule has 4 nitrogen and oxygen atoms in total. The van der Waals surface area contributed by atoms with Crippen LogP contribution in [-0.2, 0) is 4.79 Å². The molecule has 17 heavy (non-hydrogen) atoms. The van der Waals surface area contributed by atoms with E-state index in [0.717, 1.165) is 24.5 Å². The Morgan fingerprint density at radius 2 is 2.00 bits per heavy atom. The second-order valence-corrected chi connectivity index (χ2v) is 4.37. The van der Waals surface area contributed by atoms with Crippen LogP contribution in [0, 0.1) is 0 Å². The minimum atomic E-state index is -0.744. The van der Waals surface area contributed by atoms with Gasteiger partial charge in [0, 0.05) is 20.1 Å². The van der Waals surface area contributed by atoms with Crippen LogP contribution < -0.4 is 9.80 Å². The van der Waals surface area contributed by atoms with Crippen molar-refractivity contribution in [1.82, 2.24) is 0 Å². The van der Waals surface area contributed by atoms with E-state index in [1.54, 1.807) is 0 Å². The first-order valence-corrected chi connectivity index (χ1v) is 5.94. The third kappa shape index (κ3) is 2.07. The Labute approximate surface area is 101 Å². The molecular weight excluding hydrogens is 216 g/mol. The van der Waals surface area contributed by atoms with E-state index >= 15 is 0 Å². The van der Waals surface area contributed by atoms with E-state index in [0.29, 0.717) is 6.42 Å². The Balaban J connectivity index is 2.38. The second-order valence-electron chi connectivity index (χ2n) is 4.37. The van der Waals surface area contributed by atoms with Crippen LogP contribution in [0.3, 0.4) is 0 Å². The number of hydrogen-bond acceptors (Lipinski definition) is 3. The molecule has 1 heterocycles. The zero-order valence-electron chi connectivity index (χ0n) is 10.3. The van der Waals surface area contributed by atoms with E-state index in [1.807, 2.05) is 43.1 Å². The molecule has 1 unspecified atom stereocenters. The number of benzene rings is 1. The molecule has 92 valence electrons. The highest BCUT2D eigenvalue weighted by molar-refractivity contribution is 5.82. The fourth-order valence-corrected chi connectivity index (χ4v) is 2.38. The first kappa shape index (κ1) is 11.8. The lowest BCUT2D eigenvalue weighted by molar-refractivity contribution is -0.138. The van der Waals surface area contributed by atoms with Gasteiger partial charge in [0.2, 0.25) is 0 Å². The van der Waals surface area contributed by atoms with E-state index in [1.165, 1.54) is 0 Å². The number of hydrogen-bond donors (Lipinski definition) is 1. The van der Waals surface area contributed by atoms with Gasteiger partial charge < -0.3 is 14.9 Å². The van der Waals surface area contributed by atoms with E-state index in [4.69, 9.17) is 0 Å². The Bertz CT molecular complexity index is 420. The maximum Gasteiger partial charge on any atom is 0.326 e. The second kappa shape index (κ2) is 4.65. The summed E-state index contributed by atoms with van der Waals surface area (Å²) in [7, 11) is 2.04. The molecule has 0 fully saturated rings. The van der Waals surface area contributed by atoms with Gasteiger partial charge in [-0.1, -0.05) is 19.1 Å². The van der Waals surface area contributed by atoms with E-state index in [9.17, 15) is 9.90 Å². The normalized spacial score (nSPS) is 16.6. The molecule has 1 N–H and O–H groups in total. The number of fused-ring (bicyclic) bond motifs is 1. The van der Waals surface area contributed by atoms with Crippen molar-refractivity contribution < 1.29 is 9.90 Å². The van der Waals surface area contributed by atoms with Gasteiger partial charge in [-0.05, 0) is 18.6 Å². The molecule has 1 aromatic carbocycles. The Hall–Kier alpha value is -1.71. The number of rotatable bonds is 3. The van der Waals surface area contributed by atoms with E-state index in [-0.39, 0.29) is 0 Å². The SMILES string of the molecule is CCC(C(=O)O)N1CCN(C)c2ccccc21. The average molecular weight is 234 g/mol. The first-order chi connectivity index (χ1) is 8.15. The number of para-hydroxylation sites is 2. The van der Waals surface area contributed by atoms with Gasteiger partial charge in [0.1, 0.15) is 6.04 Å². The summed E-state index contributed by atoms with van der Waals surface area (Å²) in [6.07, 6.45) is 0.618. The molecular formula is C13H18N2O2. The van der Waals surface area contributed by atoms with Crippen molar-refractivity contribution in [2.45, 2.75) is 19.4 Å². The van der Waals surface area contributed by atoms with Crippen LogP contribution in [0.1, 0.15) is 13.3 Å². The zero-order chi connectivity index (χ0) is 12.4. The highest BCUT2D eigenvalue weighted by atomic mass is 16.4. The predicted octanol–water partition coefficient (Wildman–Crippen LogP) is 1.81. The fraction of sp³-hybridized carbons (Fsp3) is 0.462. The third-order valence-corrected chi connectivity index (χ3v) is 3.33. The zero-order valence-corrected chi connectivity index (χ0v) is 10.3. The molecule has 0 aliphatic carbocycles. The van der Waals surface area contributed by atoms with Crippen molar-refractivity contribution in [2.75, 3.05) is 29.9 Å². The molecule has 4 heteroatoms. The maximum absolute atomic E-state index is 11.3. The first-order valence-electron chi connectivity index (χ1n) is 5.94. The lowest BCUT2D eigenvalue weighted by atomic mass is 10.1. The van der Waals surface area contributed by atoms with Crippen molar-refractivity contribution in [3.63, 3.8) is 0 Å². The van der Waals surface area contributed by atoms with Gasteiger partial charge in [0.15, 0.2) is 0 Å². The molecule has 0 saturated carbocycles. The lowest BCUT2D eigenvalue weighted by Crippen LogP contribution is -2.48. The number of anilines is 2. The van der Waals surface area contributed by atoms with Crippen LogP contribution in [0.25, 0.3) is 0 Å². The fourth-order valence-electron chi connectivity index (χ4n) is 2.38. The molecule has 0 amide bonds. The highest BCUT2D eigenvalue weighted by Gasteiger charge is 2.29. The number of carboxylic acids is 1. The predicted molar refractivity (Wildman–Crippen MR) is 68.8 cm³/mol. The summed E-state index contributed by atoms with van der Waals surface area (Å²) in [4.78, 5) is 15.4. The van der Waals surface area contributed by atoms with Crippen LogP contribution in [0.5, 0.6) is 0 Å². The van der Waals surface area contributed by atoms with Crippen molar-refractivity contribution in [2.24, 2.45) is 0 Å². The molecule has 0 bridgehead atoms. The van der Waals surface area contributed by atoms with Crippen LogP contribution >= 0.6 is 0 Å². The number of nitrogens with zero attached hydrogens (tertiary/aromatic N) is 2. The Kier molecular flexibility index (Phi) is 3.22. The van der Waals surface area contributed by atoms with Crippen LogP contribution in [0.4, 0.5) is 11.4 Å². The molecule has 1 atom stereocenters. The molecule has 0 saturated heterocycles. The summed E-state index contributed by atoms with van der Waals surface area (Å²) in [5, 5.41) is 9.26. The summed E-state index contributed by atoms with van der Waals surface area (Å²) in [6, 6.07) is 7.55. The summed E-state index contributed by atoms with van der Waals surface area (Å²) in [5.41, 5.74) is 2.13. The molecule has 1 aliphatic rings. The van der Waals surface area contributed by atoms with E-state index < -0.39 is 12.0 Å². The molecule has 0 spiro atoms. The van der Waals surface area contributed by atoms with Gasteiger partial charge in [0.25, 0.3) is 0 Å². The standard InChI is InChI=1S/C13H18N2O2/c1-3-10(13(16)17)15-9-8-14(2)11-6-4-5-7-12(11)15/h4-7,10H,3,8-9H2,1-2H3,(H,16,17). The average Bonchev–Trinajstić information content (AvgIpc) is 2.33. The van der Waals surface area contributed by atoms with Gasteiger partial charge in [-0.25, -0.2) is 4.79 Å². The van der Waals surface area contributed by atoms with Crippen LogP contribution in [0.15, 0.2) is 24.3 Å². The Morgan fingerprint density at radius 1 is 1.35 bits per heavy atom. The van der Waals surface area contributed by atoms with Crippen molar-refractivity contribution >= 4 is 17.3 Å². The number of carbonyl (C=O) groups is 1. The maximum atomic E-state index is 11.3. The van der Waals surface area contributed by atoms with Crippen LogP contribution in [-0.4, -0.2) is 37.3 Å². The minimum Gasteiger partial charge on any atom is -0.480 e. The van der Waals surface area contributed by atoms with Gasteiger partial charge in [-0.2, -0.15) is 0 Å². The molecule has 1 aromatic rings. The lowest BCUT2D eigenvalue weighted by Gasteiger charge is -2.39. The summed E-state index contributed by atoms with van der Waals surface area (Å²) < 4.78 is 0. The molecule has 0 radical (unpaired) electrons.